The number of phenols is 1. The van der Waals surface area contributed by atoms with Crippen molar-refractivity contribution >= 4 is 94.2 Å². The summed E-state index contributed by atoms with van der Waals surface area (Å²) in [5.41, 5.74) is 3.08. The fourth-order valence-electron chi connectivity index (χ4n) is 6.10. The second-order valence-corrected chi connectivity index (χ2v) is 16.1. The molecule has 0 bridgehead atoms. The molecule has 0 spiro atoms. The van der Waals surface area contributed by atoms with Gasteiger partial charge in [0.05, 0.1) is 28.3 Å². The number of hydrogen-bond donors (Lipinski definition) is 5. The van der Waals surface area contributed by atoms with Crippen molar-refractivity contribution in [2.24, 2.45) is 30.7 Å². The Morgan fingerprint density at radius 1 is 0.672 bits per heavy atom. The lowest BCUT2D eigenvalue weighted by molar-refractivity contribution is -0.105. The van der Waals surface area contributed by atoms with Gasteiger partial charge in [-0.05, 0) is 122 Å². The van der Waals surface area contributed by atoms with E-state index >= 15 is 0 Å². The molecule has 20 nitrogen and oxygen atoms in total. The van der Waals surface area contributed by atoms with Crippen molar-refractivity contribution in [1.29, 1.82) is 0 Å². The van der Waals surface area contributed by atoms with E-state index in [-0.39, 0.29) is 38.7 Å². The van der Waals surface area contributed by atoms with Crippen LogP contribution in [0.2, 0.25) is 0 Å². The lowest BCUT2D eigenvalue weighted by atomic mass is 10.1. The van der Waals surface area contributed by atoms with Crippen molar-refractivity contribution < 1.29 is 45.7 Å². The van der Waals surface area contributed by atoms with E-state index in [1.54, 1.807) is 57.2 Å². The Morgan fingerprint density at radius 2 is 1.28 bits per heavy atom. The van der Waals surface area contributed by atoms with Crippen molar-refractivity contribution in [2.45, 2.75) is 30.6 Å². The molecule has 0 aliphatic rings. The van der Waals surface area contributed by atoms with Crippen LogP contribution in [-0.4, -0.2) is 63.5 Å². The quantitative estimate of drug-likeness (QED) is 0.0436. The second-order valence-electron chi connectivity index (χ2n) is 13.3. The average Bonchev–Trinajstić information content (AvgIpc) is 3.62. The van der Waals surface area contributed by atoms with Gasteiger partial charge in [0, 0.05) is 11.1 Å². The zero-order valence-corrected chi connectivity index (χ0v) is 33.5. The predicted molar refractivity (Wildman–Crippen MR) is 220 cm³/mol. The summed E-state index contributed by atoms with van der Waals surface area (Å²) >= 11 is 0. The number of benzene rings is 6. The van der Waals surface area contributed by atoms with Gasteiger partial charge in [0.15, 0.2) is 5.75 Å². The number of aromatic hydroxyl groups is 1. The van der Waals surface area contributed by atoms with Gasteiger partial charge in [0.1, 0.15) is 37.9 Å². The molecule has 0 atom stereocenters. The van der Waals surface area contributed by atoms with Crippen LogP contribution in [0.4, 0.5) is 39.8 Å². The standard InChI is InChI=1S/C39H30N10O10S2/c1-20-12-25(9-11-28(20)42-45-33-17-31-32(18-35(33)60(54,55)56)48-49(47-31)34-7-5-4-6-27(34)39(52)53)41-43-29-13-22(3)30(14-21(29)2)44-46-37-36(61(57,58)59)16-23-15-24(40-19-50)8-10-26(23)38(37)51/h4-19,51H,1-3H3,(H,40,50)(H,52,53)(H,54,55,56)(H,57,58,59)/b43-41-,45-42-,46-44-. The maximum atomic E-state index is 12.3. The molecule has 7 aromatic rings. The Morgan fingerprint density at radius 3 is 1.92 bits per heavy atom. The molecule has 308 valence electrons. The molecular weight excluding hydrogens is 833 g/mol. The molecular formula is C39H30N10O10S2. The van der Waals surface area contributed by atoms with Crippen LogP contribution in [0.15, 0.2) is 131 Å². The molecule has 0 saturated carbocycles. The molecule has 1 aromatic heterocycles. The van der Waals surface area contributed by atoms with E-state index < -0.39 is 47.4 Å². The highest BCUT2D eigenvalue weighted by atomic mass is 32.2. The highest BCUT2D eigenvalue weighted by Crippen LogP contribution is 2.43. The van der Waals surface area contributed by atoms with E-state index in [0.29, 0.717) is 51.5 Å². The molecule has 5 N–H and O–H groups in total. The van der Waals surface area contributed by atoms with E-state index in [1.165, 1.54) is 42.5 Å². The first-order valence-corrected chi connectivity index (χ1v) is 20.4. The third-order valence-electron chi connectivity index (χ3n) is 9.13. The Labute approximate surface area is 345 Å². The number of aryl methyl sites for hydroxylation is 3. The van der Waals surface area contributed by atoms with Crippen LogP contribution in [0.3, 0.4) is 0 Å². The maximum Gasteiger partial charge on any atom is 0.337 e. The molecule has 22 heteroatoms. The van der Waals surface area contributed by atoms with Crippen molar-refractivity contribution in [1.82, 2.24) is 15.0 Å². The fraction of sp³-hybridized carbons (Fsp3) is 0.0769. The zero-order valence-electron chi connectivity index (χ0n) is 31.8. The summed E-state index contributed by atoms with van der Waals surface area (Å²) in [6.45, 7) is 5.15. The van der Waals surface area contributed by atoms with Gasteiger partial charge in [-0.2, -0.15) is 37.3 Å². The van der Waals surface area contributed by atoms with Crippen molar-refractivity contribution in [3.05, 3.63) is 113 Å². The molecule has 0 fully saturated rings. The minimum absolute atomic E-state index is 0.0449. The molecule has 0 radical (unpaired) electrons. The van der Waals surface area contributed by atoms with Crippen LogP contribution in [-0.2, 0) is 25.0 Å². The summed E-state index contributed by atoms with van der Waals surface area (Å²) in [6, 6.07) is 21.9. The number of para-hydroxylation sites is 1. The summed E-state index contributed by atoms with van der Waals surface area (Å²) in [6.07, 6.45) is 0.434. The van der Waals surface area contributed by atoms with E-state index in [0.717, 1.165) is 16.9 Å². The first kappa shape index (κ1) is 41.5. The van der Waals surface area contributed by atoms with Crippen LogP contribution < -0.4 is 5.32 Å². The monoisotopic (exact) mass is 862 g/mol. The summed E-state index contributed by atoms with van der Waals surface area (Å²) in [5.74, 6) is -1.77. The molecule has 1 amide bonds. The van der Waals surface area contributed by atoms with E-state index in [4.69, 9.17) is 0 Å². The van der Waals surface area contributed by atoms with Crippen molar-refractivity contribution in [3.8, 4) is 11.4 Å². The average molecular weight is 863 g/mol. The number of carbonyl (C=O) groups is 2. The first-order chi connectivity index (χ1) is 28.9. The number of phenolic OH excluding ortho intramolecular Hbond substituents is 1. The number of nitrogens with zero attached hydrogens (tertiary/aromatic N) is 9. The van der Waals surface area contributed by atoms with Gasteiger partial charge in [0.25, 0.3) is 20.2 Å². The van der Waals surface area contributed by atoms with Crippen LogP contribution in [0.5, 0.6) is 5.75 Å². The smallest absolute Gasteiger partial charge is 0.337 e. The van der Waals surface area contributed by atoms with Crippen molar-refractivity contribution in [2.75, 3.05) is 5.32 Å². The lowest BCUT2D eigenvalue weighted by Gasteiger charge is -2.10. The fourth-order valence-corrected chi connectivity index (χ4v) is 7.38. The molecule has 1 heterocycles. The summed E-state index contributed by atoms with van der Waals surface area (Å²) < 4.78 is 69.2. The number of fused-ring (bicyclic) bond motifs is 2. The third-order valence-corrected chi connectivity index (χ3v) is 10.9. The molecule has 0 unspecified atom stereocenters. The largest absolute Gasteiger partial charge is 0.505 e. The summed E-state index contributed by atoms with van der Waals surface area (Å²) in [7, 11) is -9.69. The van der Waals surface area contributed by atoms with Gasteiger partial charge in [-0.1, -0.05) is 12.1 Å². The highest BCUT2D eigenvalue weighted by Gasteiger charge is 2.23. The molecule has 7 rings (SSSR count). The number of nitrogens with one attached hydrogen (secondary N) is 1. The highest BCUT2D eigenvalue weighted by molar-refractivity contribution is 7.86. The van der Waals surface area contributed by atoms with Gasteiger partial charge in [-0.3, -0.25) is 13.9 Å². The van der Waals surface area contributed by atoms with Gasteiger partial charge < -0.3 is 15.5 Å². The topological polar surface area (TPSA) is 300 Å². The van der Waals surface area contributed by atoms with E-state index in [1.807, 2.05) is 0 Å². The molecule has 0 aliphatic carbocycles. The van der Waals surface area contributed by atoms with Gasteiger partial charge in [-0.25, -0.2) is 4.79 Å². The minimum Gasteiger partial charge on any atom is -0.505 e. The normalized spacial score (nSPS) is 12.3. The number of carboxylic acid groups (broad SMARTS) is 1. The second kappa shape index (κ2) is 16.2. The maximum absolute atomic E-state index is 12.3. The SMILES string of the molecule is Cc1cc(/N=N\c2c(S(=O)(=O)O)cc3cc(NC=O)ccc3c2O)c(C)cc1/N=N\c1ccc(/N=N\c2cc3nn(-c4ccccc4C(=O)O)nc3cc2S(=O)(=O)O)c(C)c1. The van der Waals surface area contributed by atoms with E-state index in [9.17, 15) is 45.7 Å². The molecule has 6 aromatic carbocycles. The van der Waals surface area contributed by atoms with Crippen molar-refractivity contribution in [3.63, 3.8) is 0 Å². The summed E-state index contributed by atoms with van der Waals surface area (Å²) in [4.78, 5) is 22.4. The molecule has 0 saturated heterocycles. The first-order valence-electron chi connectivity index (χ1n) is 17.6. The van der Waals surface area contributed by atoms with Crippen LogP contribution in [0.1, 0.15) is 27.0 Å². The molecule has 61 heavy (non-hydrogen) atoms. The predicted octanol–water partition coefficient (Wildman–Crippen LogP) is 9.21. The number of aromatic nitrogens is 3. The van der Waals surface area contributed by atoms with Gasteiger partial charge in [-0.15, -0.1) is 25.2 Å². The number of carbonyl (C=O) groups excluding carboxylic acids is 1. The van der Waals surface area contributed by atoms with E-state index in [2.05, 4.69) is 46.2 Å². The third kappa shape index (κ3) is 8.72. The number of anilines is 1. The summed E-state index contributed by atoms with van der Waals surface area (Å²) in [5, 5.41) is 57.0. The number of amides is 1. The minimum atomic E-state index is -4.88. The Hall–Kier alpha value is -7.66. The number of aromatic carboxylic acids is 1. The molecule has 0 aliphatic heterocycles. The Kier molecular flexibility index (Phi) is 11.0. The number of rotatable bonds is 12. The van der Waals surface area contributed by atoms with Crippen LogP contribution in [0.25, 0.3) is 27.5 Å². The number of hydrogen-bond acceptors (Lipinski definition) is 15. The Balaban J connectivity index is 1.13. The van der Waals surface area contributed by atoms with Gasteiger partial charge >= 0.3 is 5.97 Å². The lowest BCUT2D eigenvalue weighted by Crippen LogP contribution is -2.07. The van der Waals surface area contributed by atoms with Crippen LogP contribution >= 0.6 is 0 Å². The number of azo groups is 3. The van der Waals surface area contributed by atoms with Gasteiger partial charge in [0.2, 0.25) is 6.41 Å². The zero-order chi connectivity index (χ0) is 43.8. The Bertz CT molecular complexity index is 3290. The number of carboxylic acids is 1. The van der Waals surface area contributed by atoms with Crippen LogP contribution in [0, 0.1) is 20.8 Å².